The molecule has 1 unspecified atom stereocenters. The van der Waals surface area contributed by atoms with Crippen LogP contribution in [0.2, 0.25) is 0 Å². The van der Waals surface area contributed by atoms with Crippen molar-refractivity contribution in [3.05, 3.63) is 17.7 Å². The van der Waals surface area contributed by atoms with Crippen LogP contribution in [-0.4, -0.2) is 66.2 Å². The number of aryl methyl sites for hydroxylation is 1. The average molecular weight is 329 g/mol. The molecule has 4 rings (SSSR count). The number of fused-ring (bicyclic) bond motifs is 1. The van der Waals surface area contributed by atoms with Gasteiger partial charge in [-0.05, 0) is 45.6 Å². The van der Waals surface area contributed by atoms with Crippen molar-refractivity contribution < 1.29 is 4.74 Å². The lowest BCUT2D eigenvalue weighted by atomic mass is 9.95. The number of anilines is 1. The van der Waals surface area contributed by atoms with Crippen molar-refractivity contribution in [2.24, 2.45) is 5.92 Å². The van der Waals surface area contributed by atoms with Gasteiger partial charge < -0.3 is 24.8 Å². The molecule has 0 fully saturated rings. The lowest BCUT2D eigenvalue weighted by Crippen LogP contribution is -2.37. The molecule has 130 valence electrons. The molecule has 1 aromatic heterocycles. The molecule has 6 heteroatoms. The number of aromatic nitrogens is 2. The molecular formula is C18H27N5O. The second kappa shape index (κ2) is 6.26. The number of hydrogen-bond donors (Lipinski definition) is 1. The summed E-state index contributed by atoms with van der Waals surface area (Å²) in [5, 5.41) is 0. The van der Waals surface area contributed by atoms with Crippen LogP contribution in [0, 0.1) is 5.92 Å². The normalized spacial score (nSPS) is 23.5. The van der Waals surface area contributed by atoms with Crippen LogP contribution in [0.5, 0.6) is 5.75 Å². The third kappa shape index (κ3) is 2.84. The van der Waals surface area contributed by atoms with Crippen LogP contribution in [0.15, 0.2) is 12.1 Å². The lowest BCUT2D eigenvalue weighted by molar-refractivity contribution is 0.167. The minimum Gasteiger partial charge on any atom is -0.493 e. The summed E-state index contributed by atoms with van der Waals surface area (Å²) < 4.78 is 8.27. The number of likely N-dealkylation sites (N-methyl/N-ethyl adjacent to an activating group) is 2. The van der Waals surface area contributed by atoms with Crippen molar-refractivity contribution in [2.75, 3.05) is 52.6 Å². The summed E-state index contributed by atoms with van der Waals surface area (Å²) in [7, 11) is 4.41. The van der Waals surface area contributed by atoms with E-state index in [1.165, 1.54) is 11.1 Å². The van der Waals surface area contributed by atoms with Crippen LogP contribution in [0.1, 0.15) is 12.0 Å². The van der Waals surface area contributed by atoms with Crippen LogP contribution in [0.25, 0.3) is 11.0 Å². The maximum Gasteiger partial charge on any atom is 0.201 e. The lowest BCUT2D eigenvalue weighted by Gasteiger charge is -2.29. The van der Waals surface area contributed by atoms with Gasteiger partial charge >= 0.3 is 0 Å². The van der Waals surface area contributed by atoms with Crippen LogP contribution in [0.3, 0.4) is 0 Å². The first-order chi connectivity index (χ1) is 11.6. The fraction of sp³-hybridized carbons (Fsp3) is 0.611. The van der Waals surface area contributed by atoms with Crippen molar-refractivity contribution >= 4 is 17.0 Å². The highest BCUT2D eigenvalue weighted by Gasteiger charge is 2.26. The van der Waals surface area contributed by atoms with Gasteiger partial charge in [-0.25, -0.2) is 4.98 Å². The van der Waals surface area contributed by atoms with E-state index in [0.29, 0.717) is 11.9 Å². The van der Waals surface area contributed by atoms with E-state index in [0.717, 1.165) is 63.4 Å². The molecule has 2 aromatic rings. The van der Waals surface area contributed by atoms with Gasteiger partial charge in [-0.2, -0.15) is 0 Å². The molecule has 1 atom stereocenters. The van der Waals surface area contributed by atoms with Gasteiger partial charge in [-0.1, -0.05) is 0 Å². The van der Waals surface area contributed by atoms with E-state index >= 15 is 0 Å². The van der Waals surface area contributed by atoms with Crippen molar-refractivity contribution in [1.82, 2.24) is 19.4 Å². The van der Waals surface area contributed by atoms with Gasteiger partial charge in [0.15, 0.2) is 0 Å². The van der Waals surface area contributed by atoms with E-state index in [1.54, 1.807) is 0 Å². The number of rotatable bonds is 0. The van der Waals surface area contributed by atoms with E-state index in [-0.39, 0.29) is 0 Å². The van der Waals surface area contributed by atoms with E-state index in [1.807, 2.05) is 6.07 Å². The maximum absolute atomic E-state index is 6.23. The summed E-state index contributed by atoms with van der Waals surface area (Å²) in [5.74, 6) is 2.15. The summed E-state index contributed by atoms with van der Waals surface area (Å²) in [4.78, 5) is 9.41. The van der Waals surface area contributed by atoms with Gasteiger partial charge in [0.05, 0.1) is 17.6 Å². The Kier molecular flexibility index (Phi) is 4.10. The molecule has 2 aliphatic rings. The summed E-state index contributed by atoms with van der Waals surface area (Å²) in [6, 6.07) is 4.10. The topological polar surface area (TPSA) is 59.6 Å². The smallest absolute Gasteiger partial charge is 0.201 e. The molecule has 0 saturated heterocycles. The molecule has 0 saturated carbocycles. The fourth-order valence-corrected chi connectivity index (χ4v) is 4.01. The largest absolute Gasteiger partial charge is 0.493 e. The summed E-state index contributed by atoms with van der Waals surface area (Å²) in [6.45, 7) is 6.03. The molecule has 0 radical (unpaired) electrons. The molecular weight excluding hydrogens is 302 g/mol. The van der Waals surface area contributed by atoms with Crippen LogP contribution in [-0.2, 0) is 13.0 Å². The Morgan fingerprint density at radius 3 is 2.83 bits per heavy atom. The molecule has 24 heavy (non-hydrogen) atoms. The first-order valence-electron chi connectivity index (χ1n) is 8.89. The van der Waals surface area contributed by atoms with Gasteiger partial charge in [0.25, 0.3) is 0 Å². The predicted octanol–water partition coefficient (Wildman–Crippen LogP) is 1.44. The van der Waals surface area contributed by atoms with Crippen LogP contribution >= 0.6 is 0 Å². The first kappa shape index (κ1) is 15.7. The average Bonchev–Trinajstić information content (AvgIpc) is 2.89. The molecule has 0 amide bonds. The Hall–Kier alpha value is -1.79. The third-order valence-electron chi connectivity index (χ3n) is 5.32. The van der Waals surface area contributed by atoms with Gasteiger partial charge in [0.1, 0.15) is 5.75 Å². The van der Waals surface area contributed by atoms with E-state index in [9.17, 15) is 0 Å². The van der Waals surface area contributed by atoms with E-state index < -0.39 is 0 Å². The number of benzene rings is 1. The highest BCUT2D eigenvalue weighted by atomic mass is 16.5. The van der Waals surface area contributed by atoms with E-state index in [2.05, 4.69) is 39.5 Å². The number of imidazole rings is 1. The molecule has 0 aliphatic carbocycles. The monoisotopic (exact) mass is 329 g/mol. The molecule has 1 aromatic carbocycles. The van der Waals surface area contributed by atoms with Crippen LogP contribution < -0.4 is 10.5 Å². The Labute approximate surface area is 143 Å². The number of nitrogens with two attached hydrogens (primary N) is 1. The highest BCUT2D eigenvalue weighted by Crippen LogP contribution is 2.35. The number of hydrogen-bond acceptors (Lipinski definition) is 5. The number of nitrogens with zero attached hydrogens (tertiary/aromatic N) is 4. The first-order valence-corrected chi connectivity index (χ1v) is 8.89. The van der Waals surface area contributed by atoms with Crippen molar-refractivity contribution in [2.45, 2.75) is 19.4 Å². The zero-order valence-corrected chi connectivity index (χ0v) is 14.7. The van der Waals surface area contributed by atoms with Crippen molar-refractivity contribution in [3.63, 3.8) is 0 Å². The minimum atomic E-state index is 0.517. The molecule has 2 N–H and O–H groups in total. The highest BCUT2D eigenvalue weighted by molar-refractivity contribution is 5.84. The van der Waals surface area contributed by atoms with Gasteiger partial charge in [0.2, 0.25) is 5.95 Å². The van der Waals surface area contributed by atoms with E-state index in [4.69, 9.17) is 10.5 Å². The Bertz CT molecular complexity index is 741. The quantitative estimate of drug-likeness (QED) is 0.792. The number of nitrogen functional groups attached to an aromatic ring is 1. The van der Waals surface area contributed by atoms with Crippen molar-refractivity contribution in [1.29, 1.82) is 0 Å². The predicted molar refractivity (Wildman–Crippen MR) is 96.4 cm³/mol. The number of ether oxygens (including phenoxy) is 1. The summed E-state index contributed by atoms with van der Waals surface area (Å²) in [6.07, 6.45) is 2.11. The second-order valence-electron chi connectivity index (χ2n) is 7.33. The van der Waals surface area contributed by atoms with Crippen molar-refractivity contribution in [3.8, 4) is 5.75 Å². The molecule has 6 nitrogen and oxygen atoms in total. The Morgan fingerprint density at radius 2 is 1.96 bits per heavy atom. The van der Waals surface area contributed by atoms with Gasteiger partial charge in [-0.3, -0.25) is 0 Å². The molecule has 3 heterocycles. The second-order valence-corrected chi connectivity index (χ2v) is 7.33. The zero-order valence-electron chi connectivity index (χ0n) is 14.7. The van der Waals surface area contributed by atoms with Gasteiger partial charge in [-0.15, -0.1) is 0 Å². The fourth-order valence-electron chi connectivity index (χ4n) is 4.01. The summed E-state index contributed by atoms with van der Waals surface area (Å²) >= 11 is 0. The maximum atomic E-state index is 6.23. The standard InChI is InChI=1S/C18H27N5O/c1-21-6-3-7-23-17-14-10-13(11-22(2)9-8-21)12-24-16(14)5-4-15(17)20-18(23)19/h4-5,13H,3,6-12H2,1-2H3,(H2,19,20). The third-order valence-corrected chi connectivity index (χ3v) is 5.32. The minimum absolute atomic E-state index is 0.517. The summed E-state index contributed by atoms with van der Waals surface area (Å²) in [5.41, 5.74) is 9.69. The Morgan fingerprint density at radius 1 is 1.12 bits per heavy atom. The Balaban J connectivity index is 1.77. The zero-order chi connectivity index (χ0) is 16.7. The SMILES string of the molecule is CN1CCCn2c(N)nc3ccc4c(c32)CC(CO4)CN(C)CC1. The molecule has 0 spiro atoms. The van der Waals surface area contributed by atoms with Gasteiger partial charge in [0, 0.05) is 37.7 Å². The molecule has 2 aliphatic heterocycles. The van der Waals surface area contributed by atoms with Crippen LogP contribution in [0.4, 0.5) is 5.95 Å². The molecule has 2 bridgehead atoms.